The third-order valence-electron chi connectivity index (χ3n) is 3.18. The summed E-state index contributed by atoms with van der Waals surface area (Å²) in [5, 5.41) is 2.96. The summed E-state index contributed by atoms with van der Waals surface area (Å²) in [6.45, 7) is 1.46. The number of amides is 1. The predicted molar refractivity (Wildman–Crippen MR) is 98.5 cm³/mol. The summed E-state index contributed by atoms with van der Waals surface area (Å²) in [6.07, 6.45) is 0.993. The minimum absolute atomic E-state index is 0.0859. The average Bonchev–Trinajstić information content (AvgIpc) is 2.45. The molecule has 0 fully saturated rings. The summed E-state index contributed by atoms with van der Waals surface area (Å²) in [5.41, 5.74) is 1.64. The first kappa shape index (κ1) is 18.6. The number of halogens is 2. The van der Waals surface area contributed by atoms with Crippen LogP contribution >= 0.6 is 23.2 Å². The van der Waals surface area contributed by atoms with E-state index in [9.17, 15) is 13.2 Å². The lowest BCUT2D eigenvalue weighted by Gasteiger charge is -2.24. The number of hydrogen-bond donors (Lipinski definition) is 1. The number of benzene rings is 2. The van der Waals surface area contributed by atoms with Crippen LogP contribution in [-0.4, -0.2) is 27.1 Å². The molecule has 0 saturated carbocycles. The molecule has 0 bridgehead atoms. The zero-order valence-corrected chi connectivity index (χ0v) is 15.4. The van der Waals surface area contributed by atoms with Crippen LogP contribution in [0.2, 0.25) is 10.0 Å². The molecule has 0 heterocycles. The van der Waals surface area contributed by atoms with E-state index in [1.54, 1.807) is 24.3 Å². The van der Waals surface area contributed by atoms with Crippen LogP contribution in [0.15, 0.2) is 42.5 Å². The number of nitrogens with zero attached hydrogens (tertiary/aromatic N) is 1. The lowest BCUT2D eigenvalue weighted by atomic mass is 10.2. The maximum Gasteiger partial charge on any atom is 0.245 e. The largest absolute Gasteiger partial charge is 0.325 e. The molecule has 0 aromatic heterocycles. The summed E-state index contributed by atoms with van der Waals surface area (Å²) in [7, 11) is -3.75. The lowest BCUT2D eigenvalue weighted by molar-refractivity contribution is -0.114. The highest BCUT2D eigenvalue weighted by atomic mass is 35.5. The van der Waals surface area contributed by atoms with Gasteiger partial charge in [-0.15, -0.1) is 0 Å². The van der Waals surface area contributed by atoms with Crippen LogP contribution in [-0.2, 0) is 14.8 Å². The van der Waals surface area contributed by atoms with E-state index in [1.807, 2.05) is 13.0 Å². The van der Waals surface area contributed by atoms with Crippen molar-refractivity contribution in [3.63, 3.8) is 0 Å². The van der Waals surface area contributed by atoms with Gasteiger partial charge in [0.05, 0.1) is 22.0 Å². The molecule has 5 nitrogen and oxygen atoms in total. The molecule has 0 aliphatic rings. The van der Waals surface area contributed by atoms with Gasteiger partial charge >= 0.3 is 0 Å². The van der Waals surface area contributed by atoms with Crippen LogP contribution in [0.3, 0.4) is 0 Å². The van der Waals surface area contributed by atoms with Crippen LogP contribution in [0.4, 0.5) is 11.4 Å². The Morgan fingerprint density at radius 3 is 2.25 bits per heavy atom. The second kappa shape index (κ2) is 7.42. The highest BCUT2D eigenvalue weighted by molar-refractivity contribution is 7.92. The van der Waals surface area contributed by atoms with Crippen molar-refractivity contribution >= 4 is 50.5 Å². The summed E-state index contributed by atoms with van der Waals surface area (Å²) in [6, 6.07) is 11.8. The number of anilines is 2. The van der Waals surface area contributed by atoms with Gasteiger partial charge in [0.15, 0.2) is 0 Å². The lowest BCUT2D eigenvalue weighted by Crippen LogP contribution is -2.37. The van der Waals surface area contributed by atoms with E-state index < -0.39 is 22.5 Å². The van der Waals surface area contributed by atoms with E-state index >= 15 is 0 Å². The number of hydrogen-bond acceptors (Lipinski definition) is 3. The molecule has 0 spiro atoms. The number of sulfonamides is 1. The van der Waals surface area contributed by atoms with E-state index in [-0.39, 0.29) is 15.7 Å². The Kier molecular flexibility index (Phi) is 5.74. The Balaban J connectivity index is 2.29. The fraction of sp³-hybridized carbons (Fsp3) is 0.188. The first-order valence-electron chi connectivity index (χ1n) is 6.97. The van der Waals surface area contributed by atoms with Crippen LogP contribution in [0.1, 0.15) is 5.56 Å². The third kappa shape index (κ3) is 4.63. The minimum Gasteiger partial charge on any atom is -0.325 e. The Labute approximate surface area is 151 Å². The maximum atomic E-state index is 12.3. The van der Waals surface area contributed by atoms with Gasteiger partial charge in [-0.3, -0.25) is 9.10 Å². The molecule has 2 aromatic carbocycles. The highest BCUT2D eigenvalue weighted by Gasteiger charge is 2.25. The van der Waals surface area contributed by atoms with Crippen LogP contribution in [0.5, 0.6) is 0 Å². The first-order chi connectivity index (χ1) is 11.2. The normalized spacial score (nSPS) is 11.2. The van der Waals surface area contributed by atoms with Gasteiger partial charge in [-0.2, -0.15) is 0 Å². The van der Waals surface area contributed by atoms with Crippen molar-refractivity contribution in [1.29, 1.82) is 0 Å². The standard InChI is InChI=1S/C16H16Cl2N2O3S/c1-11-5-3-6-12(9-11)19-15(21)10-20(24(2,22)23)16-13(17)7-4-8-14(16)18/h3-9H,10H2,1-2H3,(H,19,21). The van der Waals surface area contributed by atoms with Crippen molar-refractivity contribution in [3.05, 3.63) is 58.1 Å². The molecule has 128 valence electrons. The Morgan fingerprint density at radius 2 is 1.71 bits per heavy atom. The van der Waals surface area contributed by atoms with Crippen LogP contribution < -0.4 is 9.62 Å². The van der Waals surface area contributed by atoms with Gasteiger partial charge in [-0.1, -0.05) is 41.4 Å². The van der Waals surface area contributed by atoms with Gasteiger partial charge in [0, 0.05) is 5.69 Å². The number of rotatable bonds is 5. The third-order valence-corrected chi connectivity index (χ3v) is 4.90. The second-order valence-corrected chi connectivity index (χ2v) is 7.98. The summed E-state index contributed by atoms with van der Waals surface area (Å²) in [5.74, 6) is -0.498. The Hall–Kier alpha value is -1.76. The molecule has 0 atom stereocenters. The number of para-hydroxylation sites is 1. The molecule has 8 heteroatoms. The number of nitrogens with one attached hydrogen (secondary N) is 1. The van der Waals surface area contributed by atoms with E-state index in [1.165, 1.54) is 12.1 Å². The molecule has 24 heavy (non-hydrogen) atoms. The van der Waals surface area contributed by atoms with E-state index in [4.69, 9.17) is 23.2 Å². The van der Waals surface area contributed by atoms with Gasteiger partial charge in [-0.25, -0.2) is 8.42 Å². The van der Waals surface area contributed by atoms with Gasteiger partial charge in [0.2, 0.25) is 15.9 Å². The molecule has 1 N–H and O–H groups in total. The minimum atomic E-state index is -3.75. The van der Waals surface area contributed by atoms with E-state index in [0.29, 0.717) is 5.69 Å². The number of carbonyl (C=O) groups excluding carboxylic acids is 1. The summed E-state index contributed by atoms with van der Waals surface area (Å²) >= 11 is 12.1. The molecular formula is C16H16Cl2N2O3S. The fourth-order valence-electron chi connectivity index (χ4n) is 2.14. The van der Waals surface area contributed by atoms with Crippen molar-refractivity contribution < 1.29 is 13.2 Å². The summed E-state index contributed by atoms with van der Waals surface area (Å²) in [4.78, 5) is 12.3. The van der Waals surface area contributed by atoms with Crippen molar-refractivity contribution in [3.8, 4) is 0 Å². The quantitative estimate of drug-likeness (QED) is 0.851. The van der Waals surface area contributed by atoms with Gasteiger partial charge in [0.1, 0.15) is 6.54 Å². The molecular weight excluding hydrogens is 371 g/mol. The average molecular weight is 387 g/mol. The van der Waals surface area contributed by atoms with Gasteiger partial charge < -0.3 is 5.32 Å². The molecule has 0 radical (unpaired) electrons. The maximum absolute atomic E-state index is 12.3. The first-order valence-corrected chi connectivity index (χ1v) is 9.57. The number of carbonyl (C=O) groups is 1. The van der Waals surface area contributed by atoms with Crippen molar-refractivity contribution in [2.24, 2.45) is 0 Å². The monoisotopic (exact) mass is 386 g/mol. The van der Waals surface area contributed by atoms with Crippen molar-refractivity contribution in [2.75, 3.05) is 22.4 Å². The molecule has 0 unspecified atom stereocenters. The van der Waals surface area contributed by atoms with Crippen LogP contribution in [0, 0.1) is 6.92 Å². The van der Waals surface area contributed by atoms with E-state index in [2.05, 4.69) is 5.32 Å². The Bertz CT molecular complexity index is 849. The van der Waals surface area contributed by atoms with Gasteiger partial charge in [0.25, 0.3) is 0 Å². The van der Waals surface area contributed by atoms with Gasteiger partial charge in [-0.05, 0) is 36.8 Å². The SMILES string of the molecule is Cc1cccc(NC(=O)CN(c2c(Cl)cccc2Cl)S(C)(=O)=O)c1. The molecule has 2 rings (SSSR count). The second-order valence-electron chi connectivity index (χ2n) is 5.26. The molecule has 1 amide bonds. The molecule has 0 saturated heterocycles. The molecule has 0 aliphatic heterocycles. The fourth-order valence-corrected chi connectivity index (χ4v) is 3.72. The van der Waals surface area contributed by atoms with Crippen LogP contribution in [0.25, 0.3) is 0 Å². The number of aryl methyl sites for hydroxylation is 1. The zero-order valence-electron chi connectivity index (χ0n) is 13.1. The topological polar surface area (TPSA) is 66.5 Å². The van der Waals surface area contributed by atoms with Crippen molar-refractivity contribution in [1.82, 2.24) is 0 Å². The Morgan fingerprint density at radius 1 is 1.12 bits per heavy atom. The van der Waals surface area contributed by atoms with E-state index in [0.717, 1.165) is 16.1 Å². The molecule has 2 aromatic rings. The summed E-state index contributed by atoms with van der Waals surface area (Å²) < 4.78 is 25.1. The van der Waals surface area contributed by atoms with Crippen molar-refractivity contribution in [2.45, 2.75) is 6.92 Å². The smallest absolute Gasteiger partial charge is 0.245 e. The zero-order chi connectivity index (χ0) is 17.9. The molecule has 0 aliphatic carbocycles. The highest BCUT2D eigenvalue weighted by Crippen LogP contribution is 2.34. The predicted octanol–water partition coefficient (Wildman–Crippen LogP) is 3.71.